The first-order valence-electron chi connectivity index (χ1n) is 40.6. The Bertz CT molecular complexity index is 3740. The molecule has 5 aliphatic heterocycles. The van der Waals surface area contributed by atoms with Gasteiger partial charge < -0.3 is 76.2 Å². The normalized spacial score (nSPS) is 29.1. The number of halogens is 2. The van der Waals surface area contributed by atoms with Crippen LogP contribution in [0.5, 0.6) is 0 Å². The van der Waals surface area contributed by atoms with E-state index in [1.807, 2.05) is 166 Å². The molecule has 0 saturated carbocycles. The number of aliphatic hydroxyl groups is 1. The molecular weight excluding hydrogens is 1640 g/mol. The Balaban J connectivity index is 0.000000207. The first-order chi connectivity index (χ1) is 54.9. The van der Waals surface area contributed by atoms with Crippen molar-refractivity contribution in [1.29, 1.82) is 0 Å². The van der Waals surface area contributed by atoms with E-state index in [9.17, 15) is 5.11 Å². The minimum absolute atomic E-state index is 0.00965. The second-order valence-electron chi connectivity index (χ2n) is 29.3. The number of hydrogen-bond donors (Lipinski definition) is 1. The molecule has 8 aromatic rings. The number of benzene rings is 8. The van der Waals surface area contributed by atoms with E-state index in [1.165, 1.54) is 0 Å². The summed E-state index contributed by atoms with van der Waals surface area (Å²) in [7, 11) is 0. The largest absolute Gasteiger partial charge is 0.374 e. The average Bonchev–Trinajstić information content (AvgIpc) is 0.777. The summed E-state index contributed by atoms with van der Waals surface area (Å²) in [6.45, 7) is 21.2. The van der Waals surface area contributed by atoms with Gasteiger partial charge in [0.25, 0.3) is 0 Å². The fraction of sp³-hybridized carbons (Fsp3) is 0.489. The third kappa shape index (κ3) is 28.2. The Morgan fingerprint density at radius 1 is 0.330 bits per heavy atom. The Labute approximate surface area is 694 Å². The Hall–Kier alpha value is -5.42. The molecule has 112 heavy (non-hydrogen) atoms. The van der Waals surface area contributed by atoms with Crippen LogP contribution in [-0.4, -0.2) is 125 Å². The second kappa shape index (κ2) is 49.0. The molecule has 0 aromatic heterocycles. The van der Waals surface area contributed by atoms with Gasteiger partial charge in [0.15, 0.2) is 31.5 Å². The quantitative estimate of drug-likeness (QED) is 0.0306. The summed E-state index contributed by atoms with van der Waals surface area (Å²) in [6.07, 6.45) is 1.15. The highest BCUT2D eigenvalue weighted by Crippen LogP contribution is 2.41. The molecule has 0 amide bonds. The van der Waals surface area contributed by atoms with Crippen LogP contribution in [0.15, 0.2) is 243 Å². The molecule has 21 atom stereocenters. The van der Waals surface area contributed by atoms with Crippen molar-refractivity contribution in [1.82, 2.24) is 0 Å². The number of aliphatic hydroxyl groups excluding tert-OH is 1. The Morgan fingerprint density at radius 3 is 1.05 bits per heavy atom. The SMILES string of the molecule is CC.CCC1CCC(C)[C@@H](O)O1.CCC1O[C@H](O[C@@H]2CC(OCc3ccccc3)[C@H](OCc3ccccc3)C(COCc3ccccc3)O2)C[C@@H](OCc2ccccc2)[C@@H]1C.CCC1O[C@H](O[C@H]2OC(COCc3ccccc3)[C@@H](OCc3ccccc3)C(OCc3ccccc3)C2I)C(I)[C@@H](OCc2ccccc2)[C@@H]1C. The molecule has 0 radical (unpaired) electrons. The molecule has 0 bridgehead atoms. The predicted molar refractivity (Wildman–Crippen MR) is 454 cm³/mol. The van der Waals surface area contributed by atoms with E-state index in [2.05, 4.69) is 177 Å². The highest BCUT2D eigenvalue weighted by Gasteiger charge is 2.51. The molecule has 5 saturated heterocycles. The van der Waals surface area contributed by atoms with Crippen molar-refractivity contribution in [2.45, 2.75) is 260 Å². The van der Waals surface area contributed by atoms with Gasteiger partial charge in [-0.15, -0.1) is 0 Å². The van der Waals surface area contributed by atoms with Gasteiger partial charge in [0.05, 0.1) is 111 Å². The predicted octanol–water partition coefficient (Wildman–Crippen LogP) is 19.9. The molecule has 18 heteroatoms. The topological polar surface area (TPSA) is 159 Å². The lowest BCUT2D eigenvalue weighted by Gasteiger charge is -2.48. The molecular formula is C94H120I2O16. The monoisotopic (exact) mass is 1760 g/mol. The summed E-state index contributed by atoms with van der Waals surface area (Å²) in [4.78, 5) is 0. The van der Waals surface area contributed by atoms with Gasteiger partial charge >= 0.3 is 0 Å². The minimum Gasteiger partial charge on any atom is -0.374 e. The van der Waals surface area contributed by atoms with Crippen molar-refractivity contribution in [3.63, 3.8) is 0 Å². The van der Waals surface area contributed by atoms with Crippen LogP contribution in [-0.2, 0) is 124 Å². The first kappa shape index (κ1) is 88.9. The standard InChI is InChI=1S/C42H48I2O7.C42H50O7.C8H16O2.C2H6/c1-3-34-29(2)38(46-25-31-18-10-5-11-19-31)36(43)41(49-34)51-42-37(44)40(48-27-33-22-14-7-15-23-33)39(47-26-32-20-12-6-13-21-32)35(50-42)28-45-24-30-16-8-4-9-17-30;1-3-36-31(2)37(44-27-33-18-10-5-11-19-33)24-40(47-36)49-41-25-38(45-28-34-20-12-6-13-21-34)42(46-29-35-22-14-7-15-23-35)39(48-41)30-43-26-32-16-8-4-9-17-32;1-3-7-5-4-6(2)8(9)10-7;1-2/h4-23,29,34-42H,3,24-28H2,1-2H3;4-23,31,36-42H,3,24-30H2,1-2H3;6-9H,3-5H2,1-2H3;1-2H3/t29-,34?,35?,36?,37?,38+,39-,40?,41-,42-;31-,36?,37-,38?,39?,40-,41-,42+;6?,7?,8-;/m110./s1. The summed E-state index contributed by atoms with van der Waals surface area (Å²) in [5.41, 5.74) is 8.84. The van der Waals surface area contributed by atoms with E-state index >= 15 is 0 Å². The number of hydrogen-bond acceptors (Lipinski definition) is 16. The summed E-state index contributed by atoms with van der Waals surface area (Å²) in [5.74, 6) is 0.750. The maximum Gasteiger partial charge on any atom is 0.175 e. The molecule has 606 valence electrons. The average molecular weight is 1760 g/mol. The van der Waals surface area contributed by atoms with Gasteiger partial charge in [0.2, 0.25) is 0 Å². The summed E-state index contributed by atoms with van der Waals surface area (Å²) >= 11 is 4.86. The van der Waals surface area contributed by atoms with Crippen LogP contribution in [0, 0.1) is 17.8 Å². The highest BCUT2D eigenvalue weighted by molar-refractivity contribution is 14.1. The lowest BCUT2D eigenvalue weighted by Crippen LogP contribution is -2.61. The maximum absolute atomic E-state index is 9.26. The van der Waals surface area contributed by atoms with E-state index < -0.39 is 49.8 Å². The maximum atomic E-state index is 9.26. The molecule has 8 aromatic carbocycles. The summed E-state index contributed by atoms with van der Waals surface area (Å²) in [5, 5.41) is 9.26. The third-order valence-corrected chi connectivity index (χ3v) is 23.7. The van der Waals surface area contributed by atoms with Crippen molar-refractivity contribution in [3.8, 4) is 0 Å². The van der Waals surface area contributed by atoms with Crippen molar-refractivity contribution in [2.24, 2.45) is 17.8 Å². The second-order valence-corrected chi connectivity index (χ2v) is 32.2. The lowest BCUT2D eigenvalue weighted by atomic mass is 9.90. The van der Waals surface area contributed by atoms with Crippen molar-refractivity contribution < 1.29 is 76.2 Å². The fourth-order valence-electron chi connectivity index (χ4n) is 14.6. The van der Waals surface area contributed by atoms with E-state index in [0.29, 0.717) is 90.9 Å². The molecule has 5 fully saturated rings. The molecule has 1 N–H and O–H groups in total. The van der Waals surface area contributed by atoms with E-state index in [4.69, 9.17) is 71.1 Å². The van der Waals surface area contributed by atoms with E-state index in [0.717, 1.165) is 76.6 Å². The zero-order valence-corrected chi connectivity index (χ0v) is 70.9. The Morgan fingerprint density at radius 2 is 0.652 bits per heavy atom. The number of ether oxygens (including phenoxy) is 15. The van der Waals surface area contributed by atoms with Crippen LogP contribution in [0.3, 0.4) is 0 Å². The fourth-order valence-corrected chi connectivity index (χ4v) is 16.7. The molecule has 0 aliphatic carbocycles. The van der Waals surface area contributed by atoms with Crippen molar-refractivity contribution >= 4 is 45.2 Å². The van der Waals surface area contributed by atoms with Gasteiger partial charge in [-0.25, -0.2) is 0 Å². The zero-order valence-electron chi connectivity index (χ0n) is 66.6. The van der Waals surface area contributed by atoms with Crippen molar-refractivity contribution in [2.75, 3.05) is 13.2 Å². The van der Waals surface area contributed by atoms with Crippen molar-refractivity contribution in [3.05, 3.63) is 287 Å². The van der Waals surface area contributed by atoms with E-state index in [-0.39, 0.29) is 62.4 Å². The molecule has 5 aliphatic rings. The highest BCUT2D eigenvalue weighted by atomic mass is 127. The van der Waals surface area contributed by atoms with Crippen LogP contribution in [0.2, 0.25) is 0 Å². The van der Waals surface area contributed by atoms with E-state index in [1.54, 1.807) is 0 Å². The van der Waals surface area contributed by atoms with Crippen LogP contribution in [0.25, 0.3) is 0 Å². The van der Waals surface area contributed by atoms with Gasteiger partial charge in [0, 0.05) is 30.6 Å². The number of alkyl halides is 2. The molecule has 10 unspecified atom stereocenters. The summed E-state index contributed by atoms with van der Waals surface area (Å²) < 4.78 is 97.7. The van der Waals surface area contributed by atoms with Gasteiger partial charge in [0.1, 0.15) is 30.5 Å². The minimum atomic E-state index is -0.642. The van der Waals surface area contributed by atoms with Gasteiger partial charge in [-0.05, 0) is 76.6 Å². The molecule has 5 heterocycles. The van der Waals surface area contributed by atoms with Gasteiger partial charge in [-0.1, -0.05) is 343 Å². The first-order valence-corrected chi connectivity index (χ1v) is 43.1. The van der Waals surface area contributed by atoms with Gasteiger partial charge in [-0.2, -0.15) is 0 Å². The smallest absolute Gasteiger partial charge is 0.175 e. The van der Waals surface area contributed by atoms with Crippen LogP contribution >= 0.6 is 45.2 Å². The van der Waals surface area contributed by atoms with Crippen LogP contribution in [0.1, 0.15) is 145 Å². The number of rotatable bonds is 33. The third-order valence-electron chi connectivity index (χ3n) is 21.1. The van der Waals surface area contributed by atoms with Gasteiger partial charge in [-0.3, -0.25) is 0 Å². The molecule has 0 spiro atoms. The summed E-state index contributed by atoms with van der Waals surface area (Å²) in [6, 6.07) is 81.8. The Kier molecular flexibility index (Phi) is 38.9. The lowest BCUT2D eigenvalue weighted by molar-refractivity contribution is -0.337. The van der Waals surface area contributed by atoms with Crippen LogP contribution < -0.4 is 0 Å². The molecule has 13 rings (SSSR count). The molecule has 16 nitrogen and oxygen atoms in total. The zero-order chi connectivity index (χ0) is 78.7. The van der Waals surface area contributed by atoms with Crippen LogP contribution in [0.4, 0.5) is 0 Å².